The van der Waals surface area contributed by atoms with Gasteiger partial charge in [0, 0.05) is 12.1 Å². The number of alkyl halides is 1. The molecule has 1 rings (SSSR count). The number of hydrogen-bond acceptors (Lipinski definition) is 6. The fourth-order valence-electron chi connectivity index (χ4n) is 1.50. The largest absolute Gasteiger partial charge is 0.493 e. The first-order chi connectivity index (χ1) is 9.57. The molecule has 0 aliphatic carbocycles. The minimum atomic E-state index is -2.22. The molecule has 0 N–H and O–H groups in total. The average Bonchev–Trinajstić information content (AvgIpc) is 2.46. The molecule has 1 unspecified atom stereocenters. The summed E-state index contributed by atoms with van der Waals surface area (Å²) in [6, 6.07) is 2.76. The van der Waals surface area contributed by atoms with Crippen molar-refractivity contribution in [1.82, 2.24) is 0 Å². The number of rotatable bonds is 7. The summed E-state index contributed by atoms with van der Waals surface area (Å²) >= 11 is 0. The number of methoxy groups -OCH3 is 3. The van der Waals surface area contributed by atoms with Gasteiger partial charge in [-0.25, -0.2) is 4.79 Å². The van der Waals surface area contributed by atoms with Gasteiger partial charge in [-0.05, 0) is 6.92 Å². The molecule has 1 aromatic carbocycles. The SMILES string of the molecule is CCOC(=O)C(F)Oc1cc(OC)c(OC)c(OC)c1. The van der Waals surface area contributed by atoms with Crippen molar-refractivity contribution >= 4 is 5.97 Å². The van der Waals surface area contributed by atoms with Gasteiger partial charge in [0.15, 0.2) is 11.5 Å². The maximum absolute atomic E-state index is 13.5. The lowest BCUT2D eigenvalue weighted by Crippen LogP contribution is -2.24. The smallest absolute Gasteiger partial charge is 0.381 e. The fourth-order valence-corrected chi connectivity index (χ4v) is 1.50. The second-order valence-electron chi connectivity index (χ2n) is 3.55. The molecule has 1 atom stereocenters. The second kappa shape index (κ2) is 7.42. The van der Waals surface area contributed by atoms with Crippen LogP contribution in [0.3, 0.4) is 0 Å². The van der Waals surface area contributed by atoms with Crippen LogP contribution in [0.15, 0.2) is 12.1 Å². The van der Waals surface area contributed by atoms with E-state index in [1.165, 1.54) is 33.5 Å². The molecule has 0 fully saturated rings. The molecule has 7 heteroatoms. The zero-order chi connectivity index (χ0) is 15.1. The van der Waals surface area contributed by atoms with Crippen LogP contribution >= 0.6 is 0 Å². The Bertz CT molecular complexity index is 437. The summed E-state index contributed by atoms with van der Waals surface area (Å²) in [5, 5.41) is 0. The maximum Gasteiger partial charge on any atom is 0.381 e. The third-order valence-electron chi connectivity index (χ3n) is 2.35. The van der Waals surface area contributed by atoms with Crippen LogP contribution in [0.2, 0.25) is 0 Å². The van der Waals surface area contributed by atoms with Crippen molar-refractivity contribution in [2.75, 3.05) is 27.9 Å². The first kappa shape index (κ1) is 15.9. The summed E-state index contributed by atoms with van der Waals surface area (Å²) in [5.74, 6) is -0.119. The summed E-state index contributed by atoms with van der Waals surface area (Å²) in [6.45, 7) is 1.64. The quantitative estimate of drug-likeness (QED) is 0.715. The van der Waals surface area contributed by atoms with Gasteiger partial charge in [0.2, 0.25) is 5.75 Å². The number of carbonyl (C=O) groups is 1. The first-order valence-electron chi connectivity index (χ1n) is 5.84. The summed E-state index contributed by atoms with van der Waals surface area (Å²) in [6.07, 6.45) is -2.22. The van der Waals surface area contributed by atoms with Crippen molar-refractivity contribution in [3.8, 4) is 23.0 Å². The number of ether oxygens (including phenoxy) is 5. The Labute approximate surface area is 116 Å². The fraction of sp³-hybridized carbons (Fsp3) is 0.462. The summed E-state index contributed by atoms with van der Waals surface area (Å²) in [4.78, 5) is 11.2. The van der Waals surface area contributed by atoms with E-state index in [2.05, 4.69) is 4.74 Å². The van der Waals surface area contributed by atoms with Gasteiger partial charge in [0.05, 0.1) is 27.9 Å². The van der Waals surface area contributed by atoms with Crippen LogP contribution in [-0.4, -0.2) is 40.3 Å². The molecule has 0 aliphatic heterocycles. The van der Waals surface area contributed by atoms with E-state index in [1.54, 1.807) is 6.92 Å². The number of halogens is 1. The molecule has 0 bridgehead atoms. The minimum absolute atomic E-state index is 0.0556. The lowest BCUT2D eigenvalue weighted by atomic mass is 10.2. The Morgan fingerprint density at radius 3 is 2.10 bits per heavy atom. The minimum Gasteiger partial charge on any atom is -0.493 e. The van der Waals surface area contributed by atoms with Gasteiger partial charge in [0.1, 0.15) is 5.75 Å². The second-order valence-corrected chi connectivity index (χ2v) is 3.55. The van der Waals surface area contributed by atoms with Gasteiger partial charge < -0.3 is 23.7 Å². The van der Waals surface area contributed by atoms with Crippen LogP contribution in [0.5, 0.6) is 23.0 Å². The highest BCUT2D eigenvalue weighted by Crippen LogP contribution is 2.41. The van der Waals surface area contributed by atoms with E-state index in [1.807, 2.05) is 0 Å². The Kier molecular flexibility index (Phi) is 5.89. The topological polar surface area (TPSA) is 63.2 Å². The van der Waals surface area contributed by atoms with Crippen molar-refractivity contribution < 1.29 is 32.9 Å². The molecule has 0 heterocycles. The van der Waals surface area contributed by atoms with E-state index in [0.29, 0.717) is 5.75 Å². The van der Waals surface area contributed by atoms with Crippen LogP contribution in [-0.2, 0) is 9.53 Å². The highest BCUT2D eigenvalue weighted by molar-refractivity contribution is 5.73. The van der Waals surface area contributed by atoms with Crippen molar-refractivity contribution in [3.63, 3.8) is 0 Å². The zero-order valence-corrected chi connectivity index (χ0v) is 11.8. The van der Waals surface area contributed by atoms with E-state index < -0.39 is 12.3 Å². The van der Waals surface area contributed by atoms with Gasteiger partial charge in [-0.15, -0.1) is 0 Å². The van der Waals surface area contributed by atoms with Crippen LogP contribution in [0.25, 0.3) is 0 Å². The molecule has 0 aromatic heterocycles. The van der Waals surface area contributed by atoms with E-state index in [-0.39, 0.29) is 23.9 Å². The Hall–Kier alpha value is -2.18. The highest BCUT2D eigenvalue weighted by Gasteiger charge is 2.22. The highest BCUT2D eigenvalue weighted by atomic mass is 19.1. The van der Waals surface area contributed by atoms with E-state index in [0.717, 1.165) is 0 Å². The predicted molar refractivity (Wildman–Crippen MR) is 68.3 cm³/mol. The first-order valence-corrected chi connectivity index (χ1v) is 5.84. The zero-order valence-electron chi connectivity index (χ0n) is 11.8. The van der Waals surface area contributed by atoms with Gasteiger partial charge in [-0.3, -0.25) is 0 Å². The molecule has 0 aliphatic rings. The molecular weight excluding hydrogens is 271 g/mol. The van der Waals surface area contributed by atoms with E-state index in [4.69, 9.17) is 18.9 Å². The molecule has 20 heavy (non-hydrogen) atoms. The third-order valence-corrected chi connectivity index (χ3v) is 2.35. The molecule has 6 nitrogen and oxygen atoms in total. The lowest BCUT2D eigenvalue weighted by molar-refractivity contribution is -0.159. The number of carbonyl (C=O) groups excluding carboxylic acids is 1. The molecule has 0 spiro atoms. The molecule has 1 aromatic rings. The Morgan fingerprint density at radius 2 is 1.70 bits per heavy atom. The van der Waals surface area contributed by atoms with Crippen LogP contribution in [0.1, 0.15) is 6.92 Å². The van der Waals surface area contributed by atoms with Crippen LogP contribution in [0, 0.1) is 0 Å². The predicted octanol–water partition coefficient (Wildman–Crippen LogP) is 1.95. The van der Waals surface area contributed by atoms with E-state index in [9.17, 15) is 9.18 Å². The van der Waals surface area contributed by atoms with Crippen molar-refractivity contribution in [2.45, 2.75) is 13.3 Å². The van der Waals surface area contributed by atoms with Crippen LogP contribution in [0.4, 0.5) is 4.39 Å². The van der Waals surface area contributed by atoms with Crippen molar-refractivity contribution in [1.29, 1.82) is 0 Å². The standard InChI is InChI=1S/C13H17FO6/c1-5-19-13(15)12(14)20-8-6-9(16-2)11(18-4)10(7-8)17-3/h6-7,12H,5H2,1-4H3. The number of hydrogen-bond donors (Lipinski definition) is 0. The monoisotopic (exact) mass is 288 g/mol. The van der Waals surface area contributed by atoms with Crippen molar-refractivity contribution in [3.05, 3.63) is 12.1 Å². The maximum atomic E-state index is 13.5. The van der Waals surface area contributed by atoms with Gasteiger partial charge >= 0.3 is 12.3 Å². The van der Waals surface area contributed by atoms with Crippen LogP contribution < -0.4 is 18.9 Å². The Balaban J connectivity index is 2.98. The third kappa shape index (κ3) is 3.66. The lowest BCUT2D eigenvalue weighted by Gasteiger charge is -2.15. The normalized spacial score (nSPS) is 11.4. The molecule has 0 radical (unpaired) electrons. The molecule has 112 valence electrons. The summed E-state index contributed by atoms with van der Waals surface area (Å²) < 4.78 is 38.2. The van der Waals surface area contributed by atoms with Crippen molar-refractivity contribution in [2.24, 2.45) is 0 Å². The van der Waals surface area contributed by atoms with E-state index >= 15 is 0 Å². The van der Waals surface area contributed by atoms with Gasteiger partial charge in [-0.2, -0.15) is 4.39 Å². The van der Waals surface area contributed by atoms with Gasteiger partial charge in [-0.1, -0.05) is 0 Å². The molecule has 0 amide bonds. The number of benzene rings is 1. The molecular formula is C13H17FO6. The average molecular weight is 288 g/mol. The number of esters is 1. The summed E-state index contributed by atoms with van der Waals surface area (Å²) in [5.41, 5.74) is 0. The molecule has 0 saturated heterocycles. The van der Waals surface area contributed by atoms with Gasteiger partial charge in [0.25, 0.3) is 0 Å². The Morgan fingerprint density at radius 1 is 1.15 bits per heavy atom. The molecule has 0 saturated carbocycles. The summed E-state index contributed by atoms with van der Waals surface area (Å²) in [7, 11) is 4.27.